The number of amides is 2. The van der Waals surface area contributed by atoms with Crippen molar-refractivity contribution in [3.8, 4) is 5.75 Å². The molecule has 0 saturated carbocycles. The molecule has 0 aliphatic carbocycles. The monoisotopic (exact) mass is 382 g/mol. The molecular formula is C23H30N2O3. The lowest BCUT2D eigenvalue weighted by Gasteiger charge is -2.29. The SMILES string of the molecule is CCNC(=O)C(C)N(Cc1ccc(OC)cc1)C(=O)Cc1ccc(C)c(C)c1. The molecule has 2 amide bonds. The van der Waals surface area contributed by atoms with E-state index in [1.807, 2.05) is 63.2 Å². The summed E-state index contributed by atoms with van der Waals surface area (Å²) in [4.78, 5) is 27.2. The first kappa shape index (κ1) is 21.5. The summed E-state index contributed by atoms with van der Waals surface area (Å²) in [7, 11) is 1.62. The lowest BCUT2D eigenvalue weighted by atomic mass is 10.0. The summed E-state index contributed by atoms with van der Waals surface area (Å²) in [6.45, 7) is 8.63. The van der Waals surface area contributed by atoms with Gasteiger partial charge in [0.2, 0.25) is 11.8 Å². The fraction of sp³-hybridized carbons (Fsp3) is 0.391. The van der Waals surface area contributed by atoms with E-state index in [0.717, 1.165) is 22.4 Å². The predicted octanol–water partition coefficient (Wildman–Crippen LogP) is 3.41. The zero-order valence-electron chi connectivity index (χ0n) is 17.4. The van der Waals surface area contributed by atoms with Gasteiger partial charge < -0.3 is 15.0 Å². The van der Waals surface area contributed by atoms with Crippen molar-refractivity contribution in [2.45, 2.75) is 46.7 Å². The van der Waals surface area contributed by atoms with Gasteiger partial charge in [-0.15, -0.1) is 0 Å². The topological polar surface area (TPSA) is 58.6 Å². The normalized spacial score (nSPS) is 11.6. The van der Waals surface area contributed by atoms with Crippen LogP contribution in [-0.2, 0) is 22.6 Å². The molecule has 0 aromatic heterocycles. The highest BCUT2D eigenvalue weighted by Gasteiger charge is 2.26. The van der Waals surface area contributed by atoms with Gasteiger partial charge in [-0.05, 0) is 62.1 Å². The first-order valence-electron chi connectivity index (χ1n) is 9.62. The molecule has 2 rings (SSSR count). The number of rotatable bonds is 8. The van der Waals surface area contributed by atoms with Gasteiger partial charge in [-0.1, -0.05) is 30.3 Å². The fourth-order valence-corrected chi connectivity index (χ4v) is 3.02. The largest absolute Gasteiger partial charge is 0.497 e. The van der Waals surface area contributed by atoms with E-state index < -0.39 is 6.04 Å². The van der Waals surface area contributed by atoms with E-state index in [0.29, 0.717) is 13.1 Å². The first-order chi connectivity index (χ1) is 13.3. The second-order valence-electron chi connectivity index (χ2n) is 7.04. The summed E-state index contributed by atoms with van der Waals surface area (Å²) < 4.78 is 5.19. The number of hydrogen-bond acceptors (Lipinski definition) is 3. The van der Waals surface area contributed by atoms with Crippen molar-refractivity contribution in [3.63, 3.8) is 0 Å². The standard InChI is InChI=1S/C23H30N2O3/c1-6-24-23(27)18(4)25(15-19-9-11-21(28-5)12-10-19)22(26)14-20-8-7-16(2)17(3)13-20/h7-13,18H,6,14-15H2,1-5H3,(H,24,27). The second-order valence-corrected chi connectivity index (χ2v) is 7.04. The zero-order chi connectivity index (χ0) is 20.7. The Balaban J connectivity index is 2.23. The summed E-state index contributed by atoms with van der Waals surface area (Å²) in [5.74, 6) is 0.538. The molecule has 1 unspecified atom stereocenters. The van der Waals surface area contributed by atoms with Gasteiger partial charge in [0.1, 0.15) is 11.8 Å². The Labute approximate surface area is 167 Å². The molecule has 0 radical (unpaired) electrons. The van der Waals surface area contributed by atoms with Crippen LogP contribution in [0.2, 0.25) is 0 Å². The van der Waals surface area contributed by atoms with Gasteiger partial charge in [0.25, 0.3) is 0 Å². The minimum atomic E-state index is -0.555. The molecule has 0 aliphatic heterocycles. The molecule has 1 N–H and O–H groups in total. The Morgan fingerprint density at radius 3 is 2.25 bits per heavy atom. The number of carbonyl (C=O) groups excluding carboxylic acids is 2. The zero-order valence-corrected chi connectivity index (χ0v) is 17.4. The average Bonchev–Trinajstić information content (AvgIpc) is 2.69. The molecular weight excluding hydrogens is 352 g/mol. The number of aryl methyl sites for hydroxylation is 2. The van der Waals surface area contributed by atoms with Crippen LogP contribution in [0.25, 0.3) is 0 Å². The van der Waals surface area contributed by atoms with Crippen molar-refractivity contribution in [3.05, 3.63) is 64.7 Å². The number of likely N-dealkylation sites (N-methyl/N-ethyl adjacent to an activating group) is 1. The number of nitrogens with zero attached hydrogens (tertiary/aromatic N) is 1. The Hall–Kier alpha value is -2.82. The number of carbonyl (C=O) groups is 2. The molecule has 2 aromatic rings. The van der Waals surface area contributed by atoms with Crippen LogP contribution in [0.1, 0.15) is 36.1 Å². The van der Waals surface area contributed by atoms with Crippen molar-refractivity contribution in [2.24, 2.45) is 0 Å². The van der Waals surface area contributed by atoms with Crippen LogP contribution in [0.3, 0.4) is 0 Å². The summed E-state index contributed by atoms with van der Waals surface area (Å²) in [6.07, 6.45) is 0.265. The van der Waals surface area contributed by atoms with E-state index >= 15 is 0 Å². The predicted molar refractivity (Wildman–Crippen MR) is 111 cm³/mol. The maximum atomic E-state index is 13.1. The highest BCUT2D eigenvalue weighted by atomic mass is 16.5. The van der Waals surface area contributed by atoms with Crippen LogP contribution in [0, 0.1) is 13.8 Å². The molecule has 0 spiro atoms. The van der Waals surface area contributed by atoms with Gasteiger partial charge >= 0.3 is 0 Å². The average molecular weight is 383 g/mol. The molecule has 150 valence electrons. The Bertz CT molecular complexity index is 815. The summed E-state index contributed by atoms with van der Waals surface area (Å²) in [5, 5.41) is 2.81. The third-order valence-corrected chi connectivity index (χ3v) is 4.96. The lowest BCUT2D eigenvalue weighted by Crippen LogP contribution is -2.48. The summed E-state index contributed by atoms with van der Waals surface area (Å²) >= 11 is 0. The van der Waals surface area contributed by atoms with E-state index in [4.69, 9.17) is 4.74 Å². The van der Waals surface area contributed by atoms with Gasteiger partial charge in [-0.25, -0.2) is 0 Å². The van der Waals surface area contributed by atoms with E-state index in [2.05, 4.69) is 5.32 Å². The van der Waals surface area contributed by atoms with Crippen LogP contribution in [0.5, 0.6) is 5.75 Å². The van der Waals surface area contributed by atoms with Gasteiger partial charge in [-0.3, -0.25) is 9.59 Å². The van der Waals surface area contributed by atoms with E-state index in [-0.39, 0.29) is 18.2 Å². The minimum Gasteiger partial charge on any atom is -0.497 e. The Morgan fingerprint density at radius 1 is 1.04 bits per heavy atom. The van der Waals surface area contributed by atoms with Crippen LogP contribution >= 0.6 is 0 Å². The van der Waals surface area contributed by atoms with Crippen LogP contribution in [0.4, 0.5) is 0 Å². The van der Waals surface area contributed by atoms with Gasteiger partial charge in [0, 0.05) is 13.1 Å². The molecule has 0 saturated heterocycles. The molecule has 28 heavy (non-hydrogen) atoms. The number of nitrogens with one attached hydrogen (secondary N) is 1. The van der Waals surface area contributed by atoms with Crippen molar-refractivity contribution < 1.29 is 14.3 Å². The summed E-state index contributed by atoms with van der Waals surface area (Å²) in [5.41, 5.74) is 4.26. The molecule has 5 heteroatoms. The fourth-order valence-electron chi connectivity index (χ4n) is 3.02. The van der Waals surface area contributed by atoms with Crippen LogP contribution in [0.15, 0.2) is 42.5 Å². The molecule has 0 fully saturated rings. The lowest BCUT2D eigenvalue weighted by molar-refractivity contribution is -0.140. The third kappa shape index (κ3) is 5.59. The molecule has 1 atom stereocenters. The molecule has 0 heterocycles. The third-order valence-electron chi connectivity index (χ3n) is 4.96. The van der Waals surface area contributed by atoms with Gasteiger partial charge in [-0.2, -0.15) is 0 Å². The Kier molecular flexibility index (Phi) is 7.61. The number of hydrogen-bond donors (Lipinski definition) is 1. The van der Waals surface area contributed by atoms with E-state index in [1.54, 1.807) is 18.9 Å². The maximum absolute atomic E-state index is 13.1. The highest BCUT2D eigenvalue weighted by Crippen LogP contribution is 2.17. The quantitative estimate of drug-likeness (QED) is 0.761. The molecule has 0 bridgehead atoms. The molecule has 0 aliphatic rings. The summed E-state index contributed by atoms with van der Waals surface area (Å²) in [6, 6.07) is 13.0. The van der Waals surface area contributed by atoms with E-state index in [1.165, 1.54) is 5.56 Å². The second kappa shape index (κ2) is 9.93. The maximum Gasteiger partial charge on any atom is 0.242 e. The Morgan fingerprint density at radius 2 is 1.68 bits per heavy atom. The number of methoxy groups -OCH3 is 1. The van der Waals surface area contributed by atoms with Crippen molar-refractivity contribution >= 4 is 11.8 Å². The first-order valence-corrected chi connectivity index (χ1v) is 9.62. The number of benzene rings is 2. The van der Waals surface area contributed by atoms with Crippen molar-refractivity contribution in [1.82, 2.24) is 10.2 Å². The van der Waals surface area contributed by atoms with Crippen LogP contribution < -0.4 is 10.1 Å². The van der Waals surface area contributed by atoms with Crippen molar-refractivity contribution in [1.29, 1.82) is 0 Å². The minimum absolute atomic E-state index is 0.0715. The van der Waals surface area contributed by atoms with Crippen LogP contribution in [-0.4, -0.2) is 36.4 Å². The van der Waals surface area contributed by atoms with Gasteiger partial charge in [0.15, 0.2) is 0 Å². The van der Waals surface area contributed by atoms with Crippen molar-refractivity contribution in [2.75, 3.05) is 13.7 Å². The van der Waals surface area contributed by atoms with E-state index in [9.17, 15) is 9.59 Å². The molecule has 5 nitrogen and oxygen atoms in total. The number of ether oxygens (including phenoxy) is 1. The smallest absolute Gasteiger partial charge is 0.242 e. The molecule has 2 aromatic carbocycles. The highest BCUT2D eigenvalue weighted by molar-refractivity contribution is 5.88. The van der Waals surface area contributed by atoms with Gasteiger partial charge in [0.05, 0.1) is 13.5 Å².